The molecule has 0 unspecified atom stereocenters. The third-order valence-corrected chi connectivity index (χ3v) is 2.63. The van der Waals surface area contributed by atoms with E-state index < -0.39 is 4.92 Å². The predicted molar refractivity (Wildman–Crippen MR) is 71.9 cm³/mol. The van der Waals surface area contributed by atoms with Gasteiger partial charge in [-0.05, 0) is 19.9 Å². The second-order valence-electron chi connectivity index (χ2n) is 4.32. The van der Waals surface area contributed by atoms with Crippen LogP contribution in [0, 0.1) is 10.1 Å². The third kappa shape index (κ3) is 3.59. The van der Waals surface area contributed by atoms with Gasteiger partial charge in [-0.15, -0.1) is 0 Å². The lowest BCUT2D eigenvalue weighted by atomic mass is 10.2. The zero-order valence-electron chi connectivity index (χ0n) is 10.9. The minimum absolute atomic E-state index is 0.00747. The van der Waals surface area contributed by atoms with Crippen molar-refractivity contribution in [2.75, 3.05) is 30.9 Å². The fourth-order valence-corrected chi connectivity index (χ4v) is 1.76. The Morgan fingerprint density at radius 1 is 1.44 bits per heavy atom. The maximum Gasteiger partial charge on any atom is 0.273 e. The Labute approximate surface area is 106 Å². The molecule has 0 aliphatic carbocycles. The SMILES string of the molecule is COCCN(c1cc(N)cc([N+](=O)[O-])c1)C(C)C. The summed E-state index contributed by atoms with van der Waals surface area (Å²) in [6.45, 7) is 5.25. The Bertz CT molecular complexity index is 421. The number of ether oxygens (including phenoxy) is 1. The molecule has 0 spiro atoms. The normalized spacial score (nSPS) is 10.7. The maximum absolute atomic E-state index is 10.8. The monoisotopic (exact) mass is 253 g/mol. The molecule has 1 aromatic carbocycles. The molecule has 1 rings (SSSR count). The number of benzene rings is 1. The van der Waals surface area contributed by atoms with Gasteiger partial charge in [0.05, 0.1) is 11.5 Å². The van der Waals surface area contributed by atoms with Gasteiger partial charge in [0, 0.05) is 43.2 Å². The number of nitro groups is 1. The zero-order valence-corrected chi connectivity index (χ0v) is 10.9. The molecular formula is C12H19N3O3. The number of hydrogen-bond acceptors (Lipinski definition) is 5. The van der Waals surface area contributed by atoms with Crippen LogP contribution in [0.15, 0.2) is 18.2 Å². The number of nitrogens with two attached hydrogens (primary N) is 1. The fraction of sp³-hybridized carbons (Fsp3) is 0.500. The van der Waals surface area contributed by atoms with Gasteiger partial charge >= 0.3 is 0 Å². The van der Waals surface area contributed by atoms with E-state index in [0.29, 0.717) is 18.8 Å². The number of non-ortho nitro benzene ring substituents is 1. The summed E-state index contributed by atoms with van der Waals surface area (Å²) in [5, 5.41) is 10.8. The summed E-state index contributed by atoms with van der Waals surface area (Å²) in [5.74, 6) is 0. The number of rotatable bonds is 6. The molecule has 18 heavy (non-hydrogen) atoms. The fourth-order valence-electron chi connectivity index (χ4n) is 1.76. The molecule has 2 N–H and O–H groups in total. The molecule has 6 heteroatoms. The molecular weight excluding hydrogens is 234 g/mol. The minimum Gasteiger partial charge on any atom is -0.398 e. The second kappa shape index (κ2) is 6.20. The summed E-state index contributed by atoms with van der Waals surface area (Å²) < 4.78 is 5.05. The molecule has 1 aromatic rings. The van der Waals surface area contributed by atoms with Crippen LogP contribution in [0.25, 0.3) is 0 Å². The van der Waals surface area contributed by atoms with Crippen molar-refractivity contribution in [1.29, 1.82) is 0 Å². The first-order valence-corrected chi connectivity index (χ1v) is 5.76. The zero-order chi connectivity index (χ0) is 13.7. The van der Waals surface area contributed by atoms with Crippen molar-refractivity contribution in [3.8, 4) is 0 Å². The van der Waals surface area contributed by atoms with Crippen molar-refractivity contribution in [2.24, 2.45) is 0 Å². The second-order valence-corrected chi connectivity index (χ2v) is 4.32. The van der Waals surface area contributed by atoms with Gasteiger partial charge in [0.2, 0.25) is 0 Å². The standard InChI is InChI=1S/C12H19N3O3/c1-9(2)14(4-5-18-3)11-6-10(13)7-12(8-11)15(16)17/h6-9H,4-5,13H2,1-3H3. The molecule has 0 aromatic heterocycles. The van der Waals surface area contributed by atoms with E-state index in [9.17, 15) is 10.1 Å². The molecule has 0 fully saturated rings. The Morgan fingerprint density at radius 2 is 2.11 bits per heavy atom. The Hall–Kier alpha value is -1.82. The van der Waals surface area contributed by atoms with Gasteiger partial charge < -0.3 is 15.4 Å². The topological polar surface area (TPSA) is 81.6 Å². The highest BCUT2D eigenvalue weighted by Crippen LogP contribution is 2.26. The average Bonchev–Trinajstić information content (AvgIpc) is 2.28. The summed E-state index contributed by atoms with van der Waals surface area (Å²) in [5.41, 5.74) is 6.84. The number of methoxy groups -OCH3 is 1. The quantitative estimate of drug-likeness (QED) is 0.476. The van der Waals surface area contributed by atoms with Gasteiger partial charge in [-0.25, -0.2) is 0 Å². The molecule has 0 radical (unpaired) electrons. The molecule has 0 amide bonds. The van der Waals surface area contributed by atoms with Crippen LogP contribution < -0.4 is 10.6 Å². The van der Waals surface area contributed by atoms with E-state index in [1.165, 1.54) is 12.1 Å². The van der Waals surface area contributed by atoms with Gasteiger partial charge in [-0.3, -0.25) is 10.1 Å². The number of nitrogens with zero attached hydrogens (tertiary/aromatic N) is 2. The smallest absolute Gasteiger partial charge is 0.273 e. The molecule has 0 saturated carbocycles. The number of nitro benzene ring substituents is 1. The van der Waals surface area contributed by atoms with Gasteiger partial charge in [-0.1, -0.05) is 0 Å². The third-order valence-electron chi connectivity index (χ3n) is 2.63. The van der Waals surface area contributed by atoms with E-state index in [0.717, 1.165) is 5.69 Å². The van der Waals surface area contributed by atoms with Crippen LogP contribution >= 0.6 is 0 Å². The van der Waals surface area contributed by atoms with Gasteiger partial charge in [0.25, 0.3) is 5.69 Å². The van der Waals surface area contributed by atoms with E-state index in [1.54, 1.807) is 13.2 Å². The predicted octanol–water partition coefficient (Wildman–Crippen LogP) is 2.04. The van der Waals surface area contributed by atoms with Crippen molar-refractivity contribution in [3.63, 3.8) is 0 Å². The van der Waals surface area contributed by atoms with E-state index in [2.05, 4.69) is 0 Å². The first kappa shape index (κ1) is 14.2. The summed E-state index contributed by atoms with van der Waals surface area (Å²) in [6.07, 6.45) is 0. The Kier molecular flexibility index (Phi) is 4.91. The van der Waals surface area contributed by atoms with Gasteiger partial charge in [-0.2, -0.15) is 0 Å². The number of nitrogen functional groups attached to an aromatic ring is 1. The Balaban J connectivity index is 3.07. The van der Waals surface area contributed by atoms with Crippen molar-refractivity contribution >= 4 is 17.1 Å². The van der Waals surface area contributed by atoms with Gasteiger partial charge in [0.1, 0.15) is 0 Å². The minimum atomic E-state index is -0.436. The molecule has 0 aliphatic heterocycles. The van der Waals surface area contributed by atoms with E-state index in [-0.39, 0.29) is 11.7 Å². The van der Waals surface area contributed by atoms with Crippen LogP contribution in [-0.2, 0) is 4.74 Å². The summed E-state index contributed by atoms with van der Waals surface area (Å²) >= 11 is 0. The van der Waals surface area contributed by atoms with E-state index >= 15 is 0 Å². The van der Waals surface area contributed by atoms with Crippen LogP contribution in [0.4, 0.5) is 17.1 Å². The van der Waals surface area contributed by atoms with Crippen molar-refractivity contribution < 1.29 is 9.66 Å². The van der Waals surface area contributed by atoms with E-state index in [4.69, 9.17) is 10.5 Å². The van der Waals surface area contributed by atoms with E-state index in [1.807, 2.05) is 18.7 Å². The summed E-state index contributed by atoms with van der Waals surface area (Å²) in [6, 6.07) is 4.84. The molecule has 100 valence electrons. The van der Waals surface area contributed by atoms with Crippen LogP contribution in [0.3, 0.4) is 0 Å². The average molecular weight is 253 g/mol. The highest BCUT2D eigenvalue weighted by atomic mass is 16.6. The largest absolute Gasteiger partial charge is 0.398 e. The summed E-state index contributed by atoms with van der Waals surface area (Å²) in [7, 11) is 1.63. The lowest BCUT2D eigenvalue weighted by Gasteiger charge is -2.28. The summed E-state index contributed by atoms with van der Waals surface area (Å²) in [4.78, 5) is 12.4. The molecule has 0 heterocycles. The molecule has 0 bridgehead atoms. The van der Waals surface area contributed by atoms with Crippen LogP contribution in [0.1, 0.15) is 13.8 Å². The number of anilines is 2. The lowest BCUT2D eigenvalue weighted by molar-refractivity contribution is -0.384. The molecule has 0 atom stereocenters. The van der Waals surface area contributed by atoms with Gasteiger partial charge in [0.15, 0.2) is 0 Å². The molecule has 0 aliphatic rings. The first-order chi connectivity index (χ1) is 8.45. The first-order valence-electron chi connectivity index (χ1n) is 5.76. The van der Waals surface area contributed by atoms with Crippen LogP contribution in [-0.4, -0.2) is 31.2 Å². The van der Waals surface area contributed by atoms with Crippen molar-refractivity contribution in [2.45, 2.75) is 19.9 Å². The van der Waals surface area contributed by atoms with Crippen LogP contribution in [0.2, 0.25) is 0 Å². The highest BCUT2D eigenvalue weighted by Gasteiger charge is 2.15. The van der Waals surface area contributed by atoms with Crippen molar-refractivity contribution in [1.82, 2.24) is 0 Å². The lowest BCUT2D eigenvalue weighted by Crippen LogP contribution is -2.33. The number of hydrogen-bond donors (Lipinski definition) is 1. The highest BCUT2D eigenvalue weighted by molar-refractivity contribution is 5.63. The Morgan fingerprint density at radius 3 is 2.61 bits per heavy atom. The molecule has 0 saturated heterocycles. The molecule has 6 nitrogen and oxygen atoms in total. The van der Waals surface area contributed by atoms with Crippen LogP contribution in [0.5, 0.6) is 0 Å². The van der Waals surface area contributed by atoms with Crippen molar-refractivity contribution in [3.05, 3.63) is 28.3 Å². The maximum atomic E-state index is 10.8.